The van der Waals surface area contributed by atoms with Crippen molar-refractivity contribution in [2.45, 2.75) is 25.5 Å². The maximum Gasteiger partial charge on any atom is 0.191 e. The van der Waals surface area contributed by atoms with Crippen LogP contribution in [0.3, 0.4) is 0 Å². The number of guanidine groups is 1. The molecule has 2 aromatic heterocycles. The number of nitrogens with zero attached hydrogens (tertiary/aromatic N) is 4. The third kappa shape index (κ3) is 6.29. The molecule has 4 rings (SSSR count). The summed E-state index contributed by atoms with van der Waals surface area (Å²) in [5, 5.41) is 26.7. The Morgan fingerprint density at radius 1 is 0.939 bits per heavy atom. The van der Waals surface area contributed by atoms with Crippen LogP contribution >= 0.6 is 24.0 Å². The van der Waals surface area contributed by atoms with Gasteiger partial charge in [-0.1, -0.05) is 66.7 Å². The van der Waals surface area contributed by atoms with Gasteiger partial charge in [-0.2, -0.15) is 0 Å². The first-order valence-electron chi connectivity index (χ1n) is 10.8. The molecule has 0 bridgehead atoms. The highest BCUT2D eigenvalue weighted by Crippen LogP contribution is 2.25. The number of aliphatic imine (C=N–C) groups is 1. The molecule has 4 aromatic rings. The standard InChI is InChI=1S/C25H28N6O.HI/c1-2-26-24(27-18-23-30-29-22-15-9-10-16-31(22)23)28-19-25(32,21-13-7-4-8-14-21)17-20-11-5-3-6-12-20;/h3-16,32H,2,17-19H2,1H3,(H2,26,27,28);1H. The second kappa shape index (κ2) is 11.8. The van der Waals surface area contributed by atoms with Gasteiger partial charge < -0.3 is 15.7 Å². The number of hydrogen-bond acceptors (Lipinski definition) is 4. The van der Waals surface area contributed by atoms with Gasteiger partial charge in [0, 0.05) is 19.2 Å². The van der Waals surface area contributed by atoms with Crippen molar-refractivity contribution in [2.75, 3.05) is 13.1 Å². The number of pyridine rings is 1. The molecular weight excluding hydrogens is 527 g/mol. The lowest BCUT2D eigenvalue weighted by atomic mass is 9.87. The van der Waals surface area contributed by atoms with Crippen LogP contribution in [-0.4, -0.2) is 38.8 Å². The molecule has 0 saturated heterocycles. The Labute approximate surface area is 211 Å². The van der Waals surface area contributed by atoms with Crippen molar-refractivity contribution in [3.05, 3.63) is 102 Å². The van der Waals surface area contributed by atoms with Gasteiger partial charge in [0.2, 0.25) is 0 Å². The van der Waals surface area contributed by atoms with Crippen LogP contribution < -0.4 is 10.6 Å². The molecule has 0 amide bonds. The summed E-state index contributed by atoms with van der Waals surface area (Å²) in [6, 6.07) is 25.6. The Morgan fingerprint density at radius 3 is 2.36 bits per heavy atom. The number of aliphatic hydroxyl groups is 1. The monoisotopic (exact) mass is 556 g/mol. The van der Waals surface area contributed by atoms with Crippen molar-refractivity contribution in [3.8, 4) is 0 Å². The van der Waals surface area contributed by atoms with Gasteiger partial charge in [-0.25, -0.2) is 4.99 Å². The molecule has 172 valence electrons. The van der Waals surface area contributed by atoms with Crippen LogP contribution in [0.1, 0.15) is 23.9 Å². The second-order valence-corrected chi connectivity index (χ2v) is 7.65. The van der Waals surface area contributed by atoms with Gasteiger partial charge >= 0.3 is 0 Å². The van der Waals surface area contributed by atoms with E-state index in [0.29, 0.717) is 32.0 Å². The van der Waals surface area contributed by atoms with E-state index < -0.39 is 5.60 Å². The number of benzene rings is 2. The van der Waals surface area contributed by atoms with E-state index in [4.69, 9.17) is 0 Å². The highest BCUT2D eigenvalue weighted by molar-refractivity contribution is 14.0. The minimum Gasteiger partial charge on any atom is -0.383 e. The molecule has 3 N–H and O–H groups in total. The lowest BCUT2D eigenvalue weighted by Gasteiger charge is -2.30. The van der Waals surface area contributed by atoms with Crippen molar-refractivity contribution in [2.24, 2.45) is 4.99 Å². The molecule has 0 fully saturated rings. The van der Waals surface area contributed by atoms with Gasteiger partial charge in [-0.05, 0) is 30.2 Å². The lowest BCUT2D eigenvalue weighted by Crippen LogP contribution is -2.46. The largest absolute Gasteiger partial charge is 0.383 e. The zero-order chi connectivity index (χ0) is 22.2. The average Bonchev–Trinajstić information content (AvgIpc) is 3.25. The molecule has 2 aromatic carbocycles. The van der Waals surface area contributed by atoms with Crippen LogP contribution in [0.4, 0.5) is 0 Å². The fraction of sp³-hybridized carbons (Fsp3) is 0.240. The van der Waals surface area contributed by atoms with E-state index >= 15 is 0 Å². The first-order valence-corrected chi connectivity index (χ1v) is 10.8. The summed E-state index contributed by atoms with van der Waals surface area (Å²) in [6.07, 6.45) is 2.41. The number of hydrogen-bond donors (Lipinski definition) is 3. The molecule has 8 heteroatoms. The molecule has 33 heavy (non-hydrogen) atoms. The van der Waals surface area contributed by atoms with Crippen LogP contribution in [0.25, 0.3) is 5.65 Å². The third-order valence-electron chi connectivity index (χ3n) is 5.31. The third-order valence-corrected chi connectivity index (χ3v) is 5.31. The summed E-state index contributed by atoms with van der Waals surface area (Å²) >= 11 is 0. The smallest absolute Gasteiger partial charge is 0.191 e. The Morgan fingerprint density at radius 2 is 1.64 bits per heavy atom. The van der Waals surface area contributed by atoms with Crippen molar-refractivity contribution >= 4 is 35.6 Å². The van der Waals surface area contributed by atoms with Crippen molar-refractivity contribution in [1.29, 1.82) is 0 Å². The van der Waals surface area contributed by atoms with E-state index in [0.717, 1.165) is 22.6 Å². The molecule has 0 aliphatic carbocycles. The van der Waals surface area contributed by atoms with Gasteiger partial charge in [-0.15, -0.1) is 34.2 Å². The predicted molar refractivity (Wildman–Crippen MR) is 142 cm³/mol. The van der Waals surface area contributed by atoms with E-state index in [9.17, 15) is 5.11 Å². The summed E-state index contributed by atoms with van der Waals surface area (Å²) in [5.74, 6) is 1.36. The van der Waals surface area contributed by atoms with Gasteiger partial charge in [0.25, 0.3) is 0 Å². The first-order chi connectivity index (χ1) is 15.7. The molecule has 0 saturated carbocycles. The van der Waals surface area contributed by atoms with E-state index in [-0.39, 0.29) is 24.0 Å². The fourth-order valence-corrected chi connectivity index (χ4v) is 3.67. The molecule has 7 nitrogen and oxygen atoms in total. The molecule has 1 atom stereocenters. The lowest BCUT2D eigenvalue weighted by molar-refractivity contribution is 0.0414. The van der Waals surface area contributed by atoms with Crippen LogP contribution in [0, 0.1) is 0 Å². The number of aromatic nitrogens is 3. The number of fused-ring (bicyclic) bond motifs is 1. The summed E-state index contributed by atoms with van der Waals surface area (Å²) in [7, 11) is 0. The fourth-order valence-electron chi connectivity index (χ4n) is 3.67. The Kier molecular flexibility index (Phi) is 8.79. The number of nitrogens with one attached hydrogen (secondary N) is 2. The van der Waals surface area contributed by atoms with Gasteiger partial charge in [0.15, 0.2) is 17.4 Å². The molecular formula is C25H29IN6O. The highest BCUT2D eigenvalue weighted by Gasteiger charge is 2.30. The minimum absolute atomic E-state index is 0. The molecule has 2 heterocycles. The maximum absolute atomic E-state index is 11.7. The van der Waals surface area contributed by atoms with Gasteiger partial charge in [0.1, 0.15) is 12.1 Å². The van der Waals surface area contributed by atoms with Crippen LogP contribution in [0.5, 0.6) is 0 Å². The van der Waals surface area contributed by atoms with E-state index in [1.807, 2.05) is 96.4 Å². The number of halogens is 1. The van der Waals surface area contributed by atoms with Crippen molar-refractivity contribution < 1.29 is 5.11 Å². The van der Waals surface area contributed by atoms with Crippen LogP contribution in [-0.2, 0) is 18.6 Å². The van der Waals surface area contributed by atoms with Crippen molar-refractivity contribution in [1.82, 2.24) is 25.2 Å². The maximum atomic E-state index is 11.7. The van der Waals surface area contributed by atoms with Crippen LogP contribution in [0.2, 0.25) is 0 Å². The Balaban J connectivity index is 0.00000306. The summed E-state index contributed by atoms with van der Waals surface area (Å²) < 4.78 is 1.92. The van der Waals surface area contributed by atoms with E-state index in [1.165, 1.54) is 0 Å². The zero-order valence-corrected chi connectivity index (χ0v) is 20.9. The average molecular weight is 556 g/mol. The minimum atomic E-state index is -1.10. The summed E-state index contributed by atoms with van der Waals surface area (Å²) in [6.45, 7) is 3.38. The molecule has 1 unspecified atom stereocenters. The van der Waals surface area contributed by atoms with E-state index in [1.54, 1.807) is 0 Å². The van der Waals surface area contributed by atoms with Crippen molar-refractivity contribution in [3.63, 3.8) is 0 Å². The zero-order valence-electron chi connectivity index (χ0n) is 18.6. The second-order valence-electron chi connectivity index (χ2n) is 7.65. The topological polar surface area (TPSA) is 86.8 Å². The quantitative estimate of drug-likeness (QED) is 0.176. The summed E-state index contributed by atoms with van der Waals surface area (Å²) in [4.78, 5) is 4.67. The van der Waals surface area contributed by atoms with Gasteiger partial charge in [-0.3, -0.25) is 4.40 Å². The molecule has 0 aliphatic rings. The highest BCUT2D eigenvalue weighted by atomic mass is 127. The number of rotatable bonds is 8. The summed E-state index contributed by atoms with van der Waals surface area (Å²) in [5.41, 5.74) is 1.62. The van der Waals surface area contributed by atoms with Crippen LogP contribution in [0.15, 0.2) is 90.1 Å². The predicted octanol–water partition coefficient (Wildman–Crippen LogP) is 3.53. The Bertz CT molecular complexity index is 1170. The first kappa shape index (κ1) is 24.7. The SMILES string of the molecule is CCNC(=NCc1nnc2ccccn12)NCC(O)(Cc1ccccc1)c1ccccc1.I. The normalized spacial score (nSPS) is 13.2. The van der Waals surface area contributed by atoms with Gasteiger partial charge in [0.05, 0.1) is 6.54 Å². The Hall–Kier alpha value is -2.98. The molecule has 0 radical (unpaired) electrons. The van der Waals surface area contributed by atoms with E-state index in [2.05, 4.69) is 25.8 Å². The molecule has 0 spiro atoms. The molecule has 0 aliphatic heterocycles.